The molecule has 0 radical (unpaired) electrons. The molecule has 1 fully saturated rings. The number of fused-ring (bicyclic) bond motifs is 1. The van der Waals surface area contributed by atoms with Gasteiger partial charge in [0.05, 0.1) is 33.9 Å². The lowest BCUT2D eigenvalue weighted by Gasteiger charge is -2.24. The minimum atomic E-state index is -1.68. The summed E-state index contributed by atoms with van der Waals surface area (Å²) in [5, 5.41) is 8.80. The molecule has 0 bridgehead atoms. The molecule has 0 unspecified atom stereocenters. The van der Waals surface area contributed by atoms with Crippen LogP contribution in [0.15, 0.2) is 28.2 Å². The van der Waals surface area contributed by atoms with E-state index >= 15 is 4.39 Å². The zero-order valence-corrected chi connectivity index (χ0v) is 17.5. The van der Waals surface area contributed by atoms with Gasteiger partial charge in [-0.05, 0) is 30.7 Å². The molecule has 2 aliphatic heterocycles. The fourth-order valence-electron chi connectivity index (χ4n) is 4.61. The molecule has 3 heterocycles. The second-order valence-corrected chi connectivity index (χ2v) is 8.76. The van der Waals surface area contributed by atoms with Gasteiger partial charge in [-0.25, -0.2) is 13.6 Å². The summed E-state index contributed by atoms with van der Waals surface area (Å²) in [4.78, 5) is 27.8. The van der Waals surface area contributed by atoms with E-state index in [1.54, 1.807) is 0 Å². The third-order valence-electron chi connectivity index (χ3n) is 6.22. The van der Waals surface area contributed by atoms with Gasteiger partial charge in [0, 0.05) is 32.6 Å². The van der Waals surface area contributed by atoms with Crippen molar-refractivity contribution < 1.29 is 23.4 Å². The molecule has 31 heavy (non-hydrogen) atoms. The molecule has 0 saturated heterocycles. The Kier molecular flexibility index (Phi) is 4.71. The van der Waals surface area contributed by atoms with Crippen molar-refractivity contribution in [2.24, 2.45) is 0 Å². The minimum Gasteiger partial charge on any atom is -0.449 e. The first-order valence-electron chi connectivity index (χ1n) is 9.99. The van der Waals surface area contributed by atoms with E-state index < -0.39 is 35.4 Å². The number of benzene rings is 1. The van der Waals surface area contributed by atoms with Crippen LogP contribution < -0.4 is 15.1 Å². The van der Waals surface area contributed by atoms with Crippen LogP contribution in [0.5, 0.6) is 5.75 Å². The molecule has 1 aliphatic carbocycles. The van der Waals surface area contributed by atoms with Crippen molar-refractivity contribution in [3.05, 3.63) is 44.5 Å². The Labute approximate surface area is 181 Å². The number of alkyl halides is 1. The standard InChI is InChI=1S/C21H20ClF2N3O4/c1-25-3-2-10-7-26(8-11(10)6-25)19-14(24)4-12-18(17(19)22)27(15-5-13(15)23)9-16(20(12)28)31-21(29)30/h4,9,13,15H,2-3,5-8H2,1H3,(H,29,30)/t13-,15+/m0/s1. The van der Waals surface area contributed by atoms with Gasteiger partial charge in [-0.1, -0.05) is 11.6 Å². The maximum Gasteiger partial charge on any atom is 0.511 e. The quantitative estimate of drug-likeness (QED) is 0.568. The first-order valence-corrected chi connectivity index (χ1v) is 10.4. The SMILES string of the molecule is CN1CCC2=C(C1)CN(c1c(F)cc3c(=O)c(OC(=O)O)cn([C@@H]4C[C@@H]4F)c3c1Cl)C2. The molecule has 7 nitrogen and oxygen atoms in total. The molecule has 10 heteroatoms. The second kappa shape index (κ2) is 7.20. The summed E-state index contributed by atoms with van der Waals surface area (Å²) in [6.07, 6.45) is -0.596. The number of carbonyl (C=O) groups is 1. The average molecular weight is 452 g/mol. The zero-order valence-electron chi connectivity index (χ0n) is 16.7. The highest BCUT2D eigenvalue weighted by Gasteiger charge is 2.41. The van der Waals surface area contributed by atoms with E-state index in [4.69, 9.17) is 16.7 Å². The summed E-state index contributed by atoms with van der Waals surface area (Å²) in [5.41, 5.74) is 2.05. The minimum absolute atomic E-state index is 0.0151. The summed E-state index contributed by atoms with van der Waals surface area (Å²) >= 11 is 6.66. The van der Waals surface area contributed by atoms with E-state index in [1.165, 1.54) is 15.7 Å². The molecule has 3 aliphatic rings. The largest absolute Gasteiger partial charge is 0.511 e. The third kappa shape index (κ3) is 3.36. The first-order chi connectivity index (χ1) is 14.7. The number of hydrogen-bond acceptors (Lipinski definition) is 5. The smallest absolute Gasteiger partial charge is 0.449 e. The average Bonchev–Trinajstić information content (AvgIpc) is 3.27. The van der Waals surface area contributed by atoms with Gasteiger partial charge in [-0.3, -0.25) is 4.79 Å². The molecule has 5 rings (SSSR count). The molecular formula is C21H20ClF2N3O4. The normalized spacial score (nSPS) is 23.4. The first kappa shape index (κ1) is 20.3. The van der Waals surface area contributed by atoms with Crippen molar-refractivity contribution in [3.63, 3.8) is 0 Å². The van der Waals surface area contributed by atoms with Crippen molar-refractivity contribution >= 4 is 34.3 Å². The predicted molar refractivity (Wildman–Crippen MR) is 112 cm³/mol. The second-order valence-electron chi connectivity index (χ2n) is 8.38. The topological polar surface area (TPSA) is 75.0 Å². The fourth-order valence-corrected chi connectivity index (χ4v) is 5.02. The molecule has 2 aromatic rings. The van der Waals surface area contributed by atoms with Crippen LogP contribution in [0.25, 0.3) is 10.9 Å². The van der Waals surface area contributed by atoms with Gasteiger partial charge in [0.25, 0.3) is 0 Å². The molecule has 2 atom stereocenters. The lowest BCUT2D eigenvalue weighted by atomic mass is 10.0. The van der Waals surface area contributed by atoms with Crippen LogP contribution in [0.3, 0.4) is 0 Å². The van der Waals surface area contributed by atoms with Crippen molar-refractivity contribution in [2.45, 2.75) is 25.1 Å². The van der Waals surface area contributed by atoms with E-state index in [0.29, 0.717) is 13.1 Å². The number of pyridine rings is 1. The number of hydrogen-bond donors (Lipinski definition) is 1. The molecule has 0 amide bonds. The van der Waals surface area contributed by atoms with Crippen LogP contribution in [-0.4, -0.2) is 60.1 Å². The van der Waals surface area contributed by atoms with Gasteiger partial charge in [-0.2, -0.15) is 0 Å². The number of nitrogens with zero attached hydrogens (tertiary/aromatic N) is 3. The summed E-state index contributed by atoms with van der Waals surface area (Å²) in [6.45, 7) is 2.82. The van der Waals surface area contributed by atoms with Crippen molar-refractivity contribution in [3.8, 4) is 5.75 Å². The molecule has 1 aromatic carbocycles. The van der Waals surface area contributed by atoms with Crippen molar-refractivity contribution in [1.29, 1.82) is 0 Å². The highest BCUT2D eigenvalue weighted by Crippen LogP contribution is 2.45. The van der Waals surface area contributed by atoms with Crippen molar-refractivity contribution in [2.75, 3.05) is 38.1 Å². The van der Waals surface area contributed by atoms with Crippen LogP contribution in [-0.2, 0) is 0 Å². The third-order valence-corrected chi connectivity index (χ3v) is 6.58. The van der Waals surface area contributed by atoms with Crippen LogP contribution in [0.1, 0.15) is 18.9 Å². The van der Waals surface area contributed by atoms with Gasteiger partial charge >= 0.3 is 6.16 Å². The van der Waals surface area contributed by atoms with Crippen LogP contribution in [0.4, 0.5) is 19.3 Å². The van der Waals surface area contributed by atoms with Crippen LogP contribution >= 0.6 is 11.6 Å². The monoisotopic (exact) mass is 451 g/mol. The van der Waals surface area contributed by atoms with E-state index in [1.807, 2.05) is 11.9 Å². The van der Waals surface area contributed by atoms with Crippen molar-refractivity contribution in [1.82, 2.24) is 9.47 Å². The van der Waals surface area contributed by atoms with Gasteiger partial charge in [-0.15, -0.1) is 0 Å². The van der Waals surface area contributed by atoms with E-state index in [9.17, 15) is 14.0 Å². The molecule has 0 spiro atoms. The lowest BCUT2D eigenvalue weighted by molar-refractivity contribution is 0.143. The summed E-state index contributed by atoms with van der Waals surface area (Å²) in [5.74, 6) is -1.20. The number of anilines is 1. The molecule has 1 saturated carbocycles. The molecule has 164 valence electrons. The highest BCUT2D eigenvalue weighted by molar-refractivity contribution is 6.38. The number of ether oxygens (including phenoxy) is 1. The van der Waals surface area contributed by atoms with E-state index in [-0.39, 0.29) is 28.0 Å². The Bertz CT molecular complexity index is 1210. The molecule has 1 N–H and O–H groups in total. The predicted octanol–water partition coefficient (Wildman–Crippen LogP) is 3.59. The Balaban J connectivity index is 1.65. The molecular weight excluding hydrogens is 432 g/mol. The molecule has 1 aromatic heterocycles. The number of carboxylic acid groups (broad SMARTS) is 1. The number of likely N-dealkylation sites (N-methyl/N-ethyl adjacent to an activating group) is 1. The van der Waals surface area contributed by atoms with Gasteiger partial charge in [0.15, 0.2) is 5.75 Å². The number of rotatable bonds is 3. The van der Waals surface area contributed by atoms with E-state index in [0.717, 1.165) is 31.8 Å². The van der Waals surface area contributed by atoms with Crippen LogP contribution in [0.2, 0.25) is 5.02 Å². The highest BCUT2D eigenvalue weighted by atomic mass is 35.5. The van der Waals surface area contributed by atoms with Gasteiger partial charge in [0.2, 0.25) is 5.43 Å². The van der Waals surface area contributed by atoms with Gasteiger partial charge in [0.1, 0.15) is 12.0 Å². The Morgan fingerprint density at radius 2 is 2.00 bits per heavy atom. The van der Waals surface area contributed by atoms with Gasteiger partial charge < -0.3 is 24.2 Å². The number of halogens is 3. The zero-order chi connectivity index (χ0) is 22.0. The summed E-state index contributed by atoms with van der Waals surface area (Å²) in [7, 11) is 2.04. The number of aromatic nitrogens is 1. The summed E-state index contributed by atoms with van der Waals surface area (Å²) in [6, 6.07) is 0.428. The van der Waals surface area contributed by atoms with E-state index in [2.05, 4.69) is 9.64 Å². The van der Waals surface area contributed by atoms with Crippen LogP contribution in [0, 0.1) is 5.82 Å². The Morgan fingerprint density at radius 3 is 2.68 bits per heavy atom. The Morgan fingerprint density at radius 1 is 1.29 bits per heavy atom. The maximum atomic E-state index is 15.3. The summed E-state index contributed by atoms with van der Waals surface area (Å²) < 4.78 is 35.2. The maximum absolute atomic E-state index is 15.3. The lowest BCUT2D eigenvalue weighted by Crippen LogP contribution is -2.28. The Hall–Kier alpha value is -2.65. The fraction of sp³-hybridized carbons (Fsp3) is 0.429.